The van der Waals surface area contributed by atoms with Crippen LogP contribution in [0.3, 0.4) is 0 Å². The summed E-state index contributed by atoms with van der Waals surface area (Å²) in [4.78, 5) is 22.0. The molecule has 1 aromatic carbocycles. The van der Waals surface area contributed by atoms with Gasteiger partial charge in [-0.15, -0.1) is 0 Å². The molecule has 2 aliphatic rings. The van der Waals surface area contributed by atoms with Gasteiger partial charge in [-0.3, -0.25) is 9.69 Å². The molecule has 2 saturated heterocycles. The van der Waals surface area contributed by atoms with Crippen LogP contribution in [0.5, 0.6) is 5.88 Å². The van der Waals surface area contributed by atoms with Crippen LogP contribution in [0.1, 0.15) is 23.8 Å². The van der Waals surface area contributed by atoms with Crippen molar-refractivity contribution in [3.05, 3.63) is 36.0 Å². The third-order valence-electron chi connectivity index (χ3n) is 5.09. The van der Waals surface area contributed by atoms with Gasteiger partial charge in [0.1, 0.15) is 5.69 Å². The Morgan fingerprint density at radius 1 is 1.31 bits per heavy atom. The number of benzene rings is 1. The maximum atomic E-state index is 13.1. The fourth-order valence-electron chi connectivity index (χ4n) is 3.68. The molecule has 138 valence electrons. The zero-order chi connectivity index (χ0) is 17.9. The molecule has 4 rings (SSSR count). The first-order chi connectivity index (χ1) is 12.8. The second-order valence-corrected chi connectivity index (χ2v) is 6.90. The van der Waals surface area contributed by atoms with E-state index in [-0.39, 0.29) is 11.9 Å². The third kappa shape index (κ3) is 3.39. The Morgan fingerprint density at radius 3 is 3.08 bits per heavy atom. The summed E-state index contributed by atoms with van der Waals surface area (Å²) in [5.74, 6) is 0.523. The highest BCUT2D eigenvalue weighted by atomic mass is 16.5. The average Bonchev–Trinajstić information content (AvgIpc) is 2.70. The zero-order valence-corrected chi connectivity index (χ0v) is 15.2. The standard InChI is InChI=1S/C20H25N3O3/c1-2-10-26-19-17-6-4-3-5-15(17)12-18(21-19)20(24)23-8-7-22-9-11-25-14-16(22)13-23/h3-6,12,16H,2,7-11,13-14H2,1H3. The molecule has 0 N–H and O–H groups in total. The molecular formula is C20H25N3O3. The largest absolute Gasteiger partial charge is 0.477 e. The van der Waals surface area contributed by atoms with E-state index in [2.05, 4.69) is 16.8 Å². The van der Waals surface area contributed by atoms with E-state index in [1.807, 2.05) is 35.2 Å². The molecule has 1 aromatic heterocycles. The van der Waals surface area contributed by atoms with Gasteiger partial charge in [-0.25, -0.2) is 4.98 Å². The van der Waals surface area contributed by atoms with Crippen LogP contribution >= 0.6 is 0 Å². The normalized spacial score (nSPS) is 20.8. The Balaban J connectivity index is 1.60. The number of aromatic nitrogens is 1. The highest BCUT2D eigenvalue weighted by Gasteiger charge is 2.32. The van der Waals surface area contributed by atoms with Crippen molar-refractivity contribution < 1.29 is 14.3 Å². The van der Waals surface area contributed by atoms with Crippen LogP contribution in [-0.2, 0) is 4.74 Å². The molecule has 0 saturated carbocycles. The second-order valence-electron chi connectivity index (χ2n) is 6.90. The van der Waals surface area contributed by atoms with E-state index in [0.717, 1.165) is 43.4 Å². The molecule has 2 aromatic rings. The molecule has 6 nitrogen and oxygen atoms in total. The lowest BCUT2D eigenvalue weighted by atomic mass is 10.1. The van der Waals surface area contributed by atoms with Crippen molar-refractivity contribution in [2.75, 3.05) is 46.0 Å². The van der Waals surface area contributed by atoms with Gasteiger partial charge in [-0.05, 0) is 23.9 Å². The number of amides is 1. The maximum absolute atomic E-state index is 13.1. The number of pyridine rings is 1. The predicted octanol–water partition coefficient (Wildman–Crippen LogP) is 2.18. The number of piperazine rings is 1. The van der Waals surface area contributed by atoms with Gasteiger partial charge < -0.3 is 14.4 Å². The number of ether oxygens (including phenoxy) is 2. The molecule has 0 radical (unpaired) electrons. The number of carbonyl (C=O) groups is 1. The van der Waals surface area contributed by atoms with Gasteiger partial charge in [-0.2, -0.15) is 0 Å². The van der Waals surface area contributed by atoms with Gasteiger partial charge in [-0.1, -0.05) is 25.1 Å². The second kappa shape index (κ2) is 7.60. The molecule has 2 aliphatic heterocycles. The molecular weight excluding hydrogens is 330 g/mol. The Bertz CT molecular complexity index is 795. The third-order valence-corrected chi connectivity index (χ3v) is 5.09. The van der Waals surface area contributed by atoms with Crippen molar-refractivity contribution in [1.82, 2.24) is 14.8 Å². The van der Waals surface area contributed by atoms with Crippen molar-refractivity contribution in [3.8, 4) is 5.88 Å². The summed E-state index contributed by atoms with van der Waals surface area (Å²) in [5, 5.41) is 1.93. The fraction of sp³-hybridized carbons (Fsp3) is 0.500. The highest BCUT2D eigenvalue weighted by molar-refractivity contribution is 5.98. The van der Waals surface area contributed by atoms with Crippen molar-refractivity contribution in [1.29, 1.82) is 0 Å². The number of hydrogen-bond donors (Lipinski definition) is 0. The lowest BCUT2D eigenvalue weighted by Gasteiger charge is -2.43. The number of fused-ring (bicyclic) bond motifs is 2. The van der Waals surface area contributed by atoms with Gasteiger partial charge >= 0.3 is 0 Å². The molecule has 6 heteroatoms. The number of rotatable bonds is 4. The van der Waals surface area contributed by atoms with Crippen LogP contribution in [0.2, 0.25) is 0 Å². The lowest BCUT2D eigenvalue weighted by molar-refractivity contribution is -0.0396. The van der Waals surface area contributed by atoms with E-state index in [1.54, 1.807) is 0 Å². The highest BCUT2D eigenvalue weighted by Crippen LogP contribution is 2.26. The molecule has 1 amide bonds. The van der Waals surface area contributed by atoms with E-state index in [9.17, 15) is 4.79 Å². The van der Waals surface area contributed by atoms with E-state index in [0.29, 0.717) is 31.3 Å². The molecule has 26 heavy (non-hydrogen) atoms. The smallest absolute Gasteiger partial charge is 0.272 e. The Morgan fingerprint density at radius 2 is 2.19 bits per heavy atom. The molecule has 1 atom stereocenters. The van der Waals surface area contributed by atoms with Crippen molar-refractivity contribution in [2.24, 2.45) is 0 Å². The van der Waals surface area contributed by atoms with Gasteiger partial charge in [0.05, 0.1) is 25.9 Å². The number of hydrogen-bond acceptors (Lipinski definition) is 5. The quantitative estimate of drug-likeness (QED) is 0.841. The summed E-state index contributed by atoms with van der Waals surface area (Å²) in [6.07, 6.45) is 0.901. The fourth-order valence-corrected chi connectivity index (χ4v) is 3.68. The van der Waals surface area contributed by atoms with Crippen LogP contribution in [-0.4, -0.2) is 72.7 Å². The first-order valence-electron chi connectivity index (χ1n) is 9.40. The molecule has 0 bridgehead atoms. The van der Waals surface area contributed by atoms with Crippen molar-refractivity contribution >= 4 is 16.7 Å². The van der Waals surface area contributed by atoms with Gasteiger partial charge in [0.15, 0.2) is 0 Å². The minimum Gasteiger partial charge on any atom is -0.477 e. The zero-order valence-electron chi connectivity index (χ0n) is 15.2. The van der Waals surface area contributed by atoms with Crippen LogP contribution in [0, 0.1) is 0 Å². The van der Waals surface area contributed by atoms with E-state index >= 15 is 0 Å². The summed E-state index contributed by atoms with van der Waals surface area (Å²) in [6, 6.07) is 10.1. The Kier molecular flexibility index (Phi) is 5.04. The monoisotopic (exact) mass is 355 g/mol. The SMILES string of the molecule is CCCOc1nc(C(=O)N2CCN3CCOCC3C2)cc2ccccc12. The van der Waals surface area contributed by atoms with Crippen LogP contribution in [0.25, 0.3) is 10.8 Å². The van der Waals surface area contributed by atoms with E-state index < -0.39 is 0 Å². The van der Waals surface area contributed by atoms with Crippen LogP contribution in [0.4, 0.5) is 0 Å². The van der Waals surface area contributed by atoms with Crippen LogP contribution in [0.15, 0.2) is 30.3 Å². The van der Waals surface area contributed by atoms with Crippen molar-refractivity contribution in [2.45, 2.75) is 19.4 Å². The lowest BCUT2D eigenvalue weighted by Crippen LogP contribution is -2.59. The van der Waals surface area contributed by atoms with E-state index in [4.69, 9.17) is 9.47 Å². The van der Waals surface area contributed by atoms with Crippen LogP contribution < -0.4 is 4.74 Å². The number of morpholine rings is 1. The maximum Gasteiger partial charge on any atom is 0.272 e. The molecule has 0 aliphatic carbocycles. The summed E-state index contributed by atoms with van der Waals surface area (Å²) in [6.45, 7) is 7.40. The van der Waals surface area contributed by atoms with Crippen molar-refractivity contribution in [3.63, 3.8) is 0 Å². The van der Waals surface area contributed by atoms with E-state index in [1.165, 1.54) is 0 Å². The first-order valence-corrected chi connectivity index (χ1v) is 9.40. The Labute approximate surface area is 153 Å². The first kappa shape index (κ1) is 17.2. The molecule has 0 spiro atoms. The minimum absolute atomic E-state index is 0.0256. The molecule has 3 heterocycles. The van der Waals surface area contributed by atoms with Gasteiger partial charge in [0, 0.05) is 31.6 Å². The van der Waals surface area contributed by atoms with Gasteiger partial charge in [0.2, 0.25) is 5.88 Å². The minimum atomic E-state index is -0.0256. The summed E-state index contributed by atoms with van der Waals surface area (Å²) < 4.78 is 11.4. The Hall–Kier alpha value is -2.18. The van der Waals surface area contributed by atoms with Gasteiger partial charge in [0.25, 0.3) is 5.91 Å². The average molecular weight is 355 g/mol. The predicted molar refractivity (Wildman–Crippen MR) is 99.6 cm³/mol. The number of nitrogens with zero attached hydrogens (tertiary/aromatic N) is 3. The molecule has 2 fully saturated rings. The number of carbonyl (C=O) groups excluding carboxylic acids is 1. The topological polar surface area (TPSA) is 54.9 Å². The summed E-state index contributed by atoms with van der Waals surface area (Å²) >= 11 is 0. The molecule has 1 unspecified atom stereocenters. The summed E-state index contributed by atoms with van der Waals surface area (Å²) in [7, 11) is 0. The summed E-state index contributed by atoms with van der Waals surface area (Å²) in [5.41, 5.74) is 0.458.